The summed E-state index contributed by atoms with van der Waals surface area (Å²) in [6.45, 7) is 1.80. The van der Waals surface area contributed by atoms with Gasteiger partial charge in [-0.25, -0.2) is 10.4 Å². The molecule has 6 nitrogen and oxygen atoms in total. The van der Waals surface area contributed by atoms with E-state index in [-0.39, 0.29) is 12.3 Å². The molecule has 0 atom stereocenters. The van der Waals surface area contributed by atoms with Crippen LogP contribution in [0.1, 0.15) is 23.9 Å². The van der Waals surface area contributed by atoms with E-state index in [2.05, 4.69) is 21.6 Å². The van der Waals surface area contributed by atoms with Gasteiger partial charge in [-0.2, -0.15) is 10.4 Å². The number of nitrogens with zero attached hydrogens (tertiary/aromatic N) is 4. The third-order valence-electron chi connectivity index (χ3n) is 3.98. The first-order chi connectivity index (χ1) is 12.1. The van der Waals surface area contributed by atoms with Crippen LogP contribution in [-0.2, 0) is 18.3 Å². The molecule has 3 rings (SSSR count). The van der Waals surface area contributed by atoms with Gasteiger partial charge in [0.05, 0.1) is 34.8 Å². The molecule has 0 aliphatic carbocycles. The number of nitrogens with one attached hydrogen (secondary N) is 1. The van der Waals surface area contributed by atoms with Gasteiger partial charge in [0.2, 0.25) is 5.91 Å². The van der Waals surface area contributed by atoms with Crippen molar-refractivity contribution in [3.63, 3.8) is 0 Å². The molecule has 0 unspecified atom stereocenters. The van der Waals surface area contributed by atoms with E-state index in [0.717, 1.165) is 16.6 Å². The lowest BCUT2D eigenvalue weighted by molar-refractivity contribution is -0.120. The molecule has 0 saturated heterocycles. The predicted octanol–water partition coefficient (Wildman–Crippen LogP) is 2.53. The van der Waals surface area contributed by atoms with E-state index in [1.165, 1.54) is 0 Å². The summed E-state index contributed by atoms with van der Waals surface area (Å²) in [6.07, 6.45) is 0.148. The van der Waals surface area contributed by atoms with Gasteiger partial charge in [0, 0.05) is 7.05 Å². The van der Waals surface area contributed by atoms with Crippen molar-refractivity contribution in [2.75, 3.05) is 0 Å². The highest BCUT2D eigenvalue weighted by atomic mass is 16.2. The van der Waals surface area contributed by atoms with Crippen molar-refractivity contribution in [1.29, 1.82) is 5.26 Å². The Kier molecular flexibility index (Phi) is 4.57. The van der Waals surface area contributed by atoms with Crippen LogP contribution in [0.15, 0.2) is 53.6 Å². The van der Waals surface area contributed by atoms with Crippen molar-refractivity contribution in [2.45, 2.75) is 13.3 Å². The second-order valence-electron chi connectivity index (χ2n) is 5.67. The second kappa shape index (κ2) is 6.97. The SMILES string of the molecule is C/C(=N\NC(=O)Cc1nc2ccccc2n1C)c1ccc(C#N)cc1. The van der Waals surface area contributed by atoms with Crippen LogP contribution in [0.5, 0.6) is 0 Å². The molecule has 0 fully saturated rings. The van der Waals surface area contributed by atoms with Crippen molar-refractivity contribution in [3.05, 3.63) is 65.5 Å². The molecule has 1 N–H and O–H groups in total. The van der Waals surface area contributed by atoms with E-state index < -0.39 is 0 Å². The number of benzene rings is 2. The van der Waals surface area contributed by atoms with Crippen molar-refractivity contribution in [3.8, 4) is 6.07 Å². The third-order valence-corrected chi connectivity index (χ3v) is 3.98. The maximum Gasteiger partial charge on any atom is 0.247 e. The summed E-state index contributed by atoms with van der Waals surface area (Å²) in [7, 11) is 1.89. The monoisotopic (exact) mass is 331 g/mol. The Balaban J connectivity index is 1.69. The number of aryl methyl sites for hydroxylation is 1. The quantitative estimate of drug-likeness (QED) is 0.589. The van der Waals surface area contributed by atoms with Crippen LogP contribution in [0.25, 0.3) is 11.0 Å². The third kappa shape index (κ3) is 3.56. The largest absolute Gasteiger partial charge is 0.331 e. The maximum atomic E-state index is 12.2. The van der Waals surface area contributed by atoms with Crippen LogP contribution in [0.4, 0.5) is 0 Å². The minimum atomic E-state index is -0.230. The molecule has 0 spiro atoms. The maximum absolute atomic E-state index is 12.2. The molecule has 2 aromatic carbocycles. The van der Waals surface area contributed by atoms with E-state index >= 15 is 0 Å². The number of aromatic nitrogens is 2. The highest BCUT2D eigenvalue weighted by molar-refractivity contribution is 5.99. The van der Waals surface area contributed by atoms with E-state index in [1.807, 2.05) is 35.9 Å². The molecule has 1 heterocycles. The van der Waals surface area contributed by atoms with Gasteiger partial charge in [-0.15, -0.1) is 0 Å². The topological polar surface area (TPSA) is 83.1 Å². The standard InChI is InChI=1S/C19H17N5O/c1-13(15-9-7-14(12-20)8-10-15)22-23-19(25)11-18-21-16-5-3-4-6-17(16)24(18)2/h3-10H,11H2,1-2H3,(H,23,25)/b22-13+. The molecular formula is C19H17N5O. The first kappa shape index (κ1) is 16.4. The van der Waals surface area contributed by atoms with Gasteiger partial charge < -0.3 is 4.57 Å². The zero-order valence-corrected chi connectivity index (χ0v) is 14.0. The van der Waals surface area contributed by atoms with Crippen LogP contribution in [0.3, 0.4) is 0 Å². The van der Waals surface area contributed by atoms with E-state index in [9.17, 15) is 4.79 Å². The van der Waals surface area contributed by atoms with Crippen LogP contribution in [0.2, 0.25) is 0 Å². The number of carbonyl (C=O) groups is 1. The molecule has 0 radical (unpaired) electrons. The molecule has 0 bridgehead atoms. The van der Waals surface area contributed by atoms with Crippen molar-refractivity contribution >= 4 is 22.7 Å². The molecule has 1 aromatic heterocycles. The molecule has 0 aliphatic rings. The number of carbonyl (C=O) groups excluding carboxylic acids is 1. The normalized spacial score (nSPS) is 11.3. The molecule has 6 heteroatoms. The molecular weight excluding hydrogens is 314 g/mol. The summed E-state index contributed by atoms with van der Waals surface area (Å²) >= 11 is 0. The Bertz CT molecular complexity index is 993. The molecule has 3 aromatic rings. The van der Waals surface area contributed by atoms with Gasteiger partial charge in [0.1, 0.15) is 5.82 Å². The number of rotatable bonds is 4. The fourth-order valence-electron chi connectivity index (χ4n) is 2.53. The van der Waals surface area contributed by atoms with Gasteiger partial charge in [-0.3, -0.25) is 4.79 Å². The number of hydrogen-bond acceptors (Lipinski definition) is 4. The first-order valence-electron chi connectivity index (χ1n) is 7.82. The molecule has 25 heavy (non-hydrogen) atoms. The number of amides is 1. The Labute approximate surface area is 145 Å². The number of para-hydroxylation sites is 2. The lowest BCUT2D eigenvalue weighted by Gasteiger charge is -2.04. The van der Waals surface area contributed by atoms with E-state index in [0.29, 0.717) is 17.1 Å². The molecule has 0 aliphatic heterocycles. The lowest BCUT2D eigenvalue weighted by Crippen LogP contribution is -2.22. The summed E-state index contributed by atoms with van der Waals surface area (Å²) in [6, 6.07) is 16.9. The molecule has 124 valence electrons. The Morgan fingerprint density at radius 2 is 1.96 bits per heavy atom. The number of imidazole rings is 1. The van der Waals surface area contributed by atoms with E-state index in [4.69, 9.17) is 5.26 Å². The van der Waals surface area contributed by atoms with Gasteiger partial charge in [0.25, 0.3) is 0 Å². The lowest BCUT2D eigenvalue weighted by atomic mass is 10.1. The summed E-state index contributed by atoms with van der Waals surface area (Å²) < 4.78 is 1.91. The highest BCUT2D eigenvalue weighted by Crippen LogP contribution is 2.14. The zero-order valence-electron chi connectivity index (χ0n) is 14.0. The fraction of sp³-hybridized carbons (Fsp3) is 0.158. The summed E-state index contributed by atoms with van der Waals surface area (Å²) in [4.78, 5) is 16.6. The Morgan fingerprint density at radius 3 is 2.64 bits per heavy atom. The summed E-state index contributed by atoms with van der Waals surface area (Å²) in [5, 5.41) is 12.9. The summed E-state index contributed by atoms with van der Waals surface area (Å²) in [5.41, 5.74) is 6.52. The molecule has 0 saturated carbocycles. The average molecular weight is 331 g/mol. The van der Waals surface area contributed by atoms with Crippen LogP contribution < -0.4 is 5.43 Å². The Hall–Kier alpha value is -3.46. The van der Waals surface area contributed by atoms with Crippen molar-refractivity contribution < 1.29 is 4.79 Å². The molecule has 1 amide bonds. The minimum Gasteiger partial charge on any atom is -0.331 e. The smallest absolute Gasteiger partial charge is 0.247 e. The fourth-order valence-corrected chi connectivity index (χ4v) is 2.53. The van der Waals surface area contributed by atoms with E-state index in [1.54, 1.807) is 31.2 Å². The average Bonchev–Trinajstić information content (AvgIpc) is 2.96. The minimum absolute atomic E-state index is 0.148. The van der Waals surface area contributed by atoms with Crippen molar-refractivity contribution in [2.24, 2.45) is 12.1 Å². The highest BCUT2D eigenvalue weighted by Gasteiger charge is 2.11. The number of hydrogen-bond donors (Lipinski definition) is 1. The number of fused-ring (bicyclic) bond motifs is 1. The summed E-state index contributed by atoms with van der Waals surface area (Å²) in [5.74, 6) is 0.455. The second-order valence-corrected chi connectivity index (χ2v) is 5.67. The van der Waals surface area contributed by atoms with Crippen LogP contribution in [0, 0.1) is 11.3 Å². The predicted molar refractivity (Wildman–Crippen MR) is 95.9 cm³/mol. The van der Waals surface area contributed by atoms with Crippen molar-refractivity contribution in [1.82, 2.24) is 15.0 Å². The van der Waals surface area contributed by atoms with Crippen LogP contribution in [-0.4, -0.2) is 21.2 Å². The van der Waals surface area contributed by atoms with Gasteiger partial charge in [0.15, 0.2) is 0 Å². The van der Waals surface area contributed by atoms with Gasteiger partial charge in [-0.05, 0) is 36.8 Å². The van der Waals surface area contributed by atoms with Gasteiger partial charge >= 0.3 is 0 Å². The zero-order chi connectivity index (χ0) is 17.8. The first-order valence-corrected chi connectivity index (χ1v) is 7.82. The van der Waals surface area contributed by atoms with Gasteiger partial charge in [-0.1, -0.05) is 24.3 Å². The van der Waals surface area contributed by atoms with Crippen LogP contribution >= 0.6 is 0 Å². The number of hydrazone groups is 1. The Morgan fingerprint density at radius 1 is 1.24 bits per heavy atom. The number of nitriles is 1.